The highest BCUT2D eigenvalue weighted by Gasteiger charge is 1.92. The lowest BCUT2D eigenvalue weighted by Crippen LogP contribution is -1.72. The Kier molecular flexibility index (Phi) is 1.69. The number of hydrogen-bond donors (Lipinski definition) is 0. The lowest BCUT2D eigenvalue weighted by molar-refractivity contribution is 1.16. The van der Waals surface area contributed by atoms with Crippen molar-refractivity contribution >= 4 is 11.3 Å². The zero-order chi connectivity index (χ0) is 5.98. The summed E-state index contributed by atoms with van der Waals surface area (Å²) < 4.78 is 0. The Labute approximate surface area is 54.2 Å². The number of thiophene rings is 1. The van der Waals surface area contributed by atoms with E-state index in [0.717, 1.165) is 0 Å². The van der Waals surface area contributed by atoms with Crippen molar-refractivity contribution in [1.29, 1.82) is 0 Å². The molecule has 0 aliphatic carbocycles. The van der Waals surface area contributed by atoms with E-state index in [1.54, 1.807) is 0 Å². The molecule has 1 aromatic rings. The smallest absolute Gasteiger partial charge is 0.00716 e. The quantitative estimate of drug-likeness (QED) is 0.542. The highest BCUT2D eigenvalue weighted by molar-refractivity contribution is 7.10. The molecule has 0 saturated carbocycles. The van der Waals surface area contributed by atoms with E-state index in [1.165, 1.54) is 16.9 Å². The van der Waals surface area contributed by atoms with Crippen LogP contribution in [0.4, 0.5) is 0 Å². The third kappa shape index (κ3) is 0.920. The van der Waals surface area contributed by atoms with Crippen LogP contribution >= 0.6 is 11.3 Å². The lowest BCUT2D eigenvalue weighted by Gasteiger charge is -1.87. The standard InChI is InChI=1S/C7H10S/c1-3-7-6(2)4-5-8-7/h4-5H,3H2,1-2H3. The number of aryl methyl sites for hydroxylation is 2. The average molecular weight is 126 g/mol. The second-order valence-electron chi connectivity index (χ2n) is 1.88. The van der Waals surface area contributed by atoms with Gasteiger partial charge in [0.15, 0.2) is 0 Å². The highest BCUT2D eigenvalue weighted by atomic mass is 32.1. The summed E-state index contributed by atoms with van der Waals surface area (Å²) in [5.74, 6) is 0. The van der Waals surface area contributed by atoms with Crippen molar-refractivity contribution in [1.82, 2.24) is 0 Å². The normalized spacial score (nSPS) is 9.75. The molecule has 0 saturated heterocycles. The topological polar surface area (TPSA) is 0 Å². The molecule has 0 bridgehead atoms. The molecule has 1 rings (SSSR count). The van der Waals surface area contributed by atoms with E-state index >= 15 is 0 Å². The van der Waals surface area contributed by atoms with Crippen LogP contribution in [-0.4, -0.2) is 0 Å². The van der Waals surface area contributed by atoms with E-state index in [9.17, 15) is 0 Å². The maximum Gasteiger partial charge on any atom is 0.00716 e. The van der Waals surface area contributed by atoms with Gasteiger partial charge in [-0.05, 0) is 30.4 Å². The molecular formula is C7H10S. The molecule has 0 atom stereocenters. The molecule has 0 aliphatic rings. The van der Waals surface area contributed by atoms with Gasteiger partial charge in [0, 0.05) is 4.88 Å². The molecule has 1 heterocycles. The van der Waals surface area contributed by atoms with Crippen LogP contribution in [0.1, 0.15) is 17.4 Å². The largest absolute Gasteiger partial charge is 0.149 e. The van der Waals surface area contributed by atoms with Gasteiger partial charge in [0.2, 0.25) is 0 Å². The highest BCUT2D eigenvalue weighted by Crippen LogP contribution is 2.14. The van der Waals surface area contributed by atoms with E-state index in [1.807, 2.05) is 11.3 Å². The minimum atomic E-state index is 1.18. The maximum absolute atomic E-state index is 2.19. The first-order chi connectivity index (χ1) is 3.84. The van der Waals surface area contributed by atoms with Crippen molar-refractivity contribution in [2.75, 3.05) is 0 Å². The summed E-state index contributed by atoms with van der Waals surface area (Å²) >= 11 is 1.85. The van der Waals surface area contributed by atoms with Crippen LogP contribution in [0.5, 0.6) is 0 Å². The summed E-state index contributed by atoms with van der Waals surface area (Å²) in [5, 5.41) is 2.15. The van der Waals surface area contributed by atoms with Crippen molar-refractivity contribution in [3.8, 4) is 0 Å². The minimum Gasteiger partial charge on any atom is -0.149 e. The second kappa shape index (κ2) is 2.31. The van der Waals surface area contributed by atoms with E-state index in [0.29, 0.717) is 0 Å². The monoisotopic (exact) mass is 126 g/mol. The van der Waals surface area contributed by atoms with Crippen molar-refractivity contribution in [2.45, 2.75) is 20.3 Å². The number of hydrogen-bond acceptors (Lipinski definition) is 1. The summed E-state index contributed by atoms with van der Waals surface area (Å²) in [6.07, 6.45) is 1.18. The summed E-state index contributed by atoms with van der Waals surface area (Å²) in [6, 6.07) is 2.17. The Hall–Kier alpha value is -0.300. The first kappa shape index (κ1) is 5.83. The minimum absolute atomic E-state index is 1.18. The summed E-state index contributed by atoms with van der Waals surface area (Å²) in [6.45, 7) is 4.36. The molecule has 0 spiro atoms. The van der Waals surface area contributed by atoms with Crippen molar-refractivity contribution in [3.05, 3.63) is 21.9 Å². The SMILES string of the molecule is CCc1sccc1C. The molecule has 0 unspecified atom stereocenters. The van der Waals surface area contributed by atoms with Gasteiger partial charge in [0.05, 0.1) is 0 Å². The van der Waals surface area contributed by atoms with E-state index in [4.69, 9.17) is 0 Å². The van der Waals surface area contributed by atoms with Gasteiger partial charge in [-0.3, -0.25) is 0 Å². The van der Waals surface area contributed by atoms with Gasteiger partial charge in [-0.25, -0.2) is 0 Å². The molecule has 0 radical (unpaired) electrons. The van der Waals surface area contributed by atoms with Crippen LogP contribution in [0.2, 0.25) is 0 Å². The lowest BCUT2D eigenvalue weighted by atomic mass is 10.2. The number of rotatable bonds is 1. The molecule has 1 heteroatoms. The van der Waals surface area contributed by atoms with Crippen LogP contribution in [-0.2, 0) is 6.42 Å². The first-order valence-electron chi connectivity index (χ1n) is 2.87. The Morgan fingerprint density at radius 1 is 1.62 bits per heavy atom. The fourth-order valence-electron chi connectivity index (χ4n) is 0.766. The van der Waals surface area contributed by atoms with Gasteiger partial charge in [0.1, 0.15) is 0 Å². The fraction of sp³-hybridized carbons (Fsp3) is 0.429. The fourth-order valence-corrected chi connectivity index (χ4v) is 1.62. The van der Waals surface area contributed by atoms with Crippen molar-refractivity contribution < 1.29 is 0 Å². The van der Waals surface area contributed by atoms with Gasteiger partial charge in [-0.1, -0.05) is 6.92 Å². The molecule has 1 aromatic heterocycles. The molecule has 0 fully saturated rings. The van der Waals surface area contributed by atoms with Gasteiger partial charge in [-0.2, -0.15) is 0 Å². The van der Waals surface area contributed by atoms with Gasteiger partial charge < -0.3 is 0 Å². The Morgan fingerprint density at radius 2 is 2.38 bits per heavy atom. The van der Waals surface area contributed by atoms with Crippen LogP contribution in [0, 0.1) is 6.92 Å². The Bertz CT molecular complexity index is 165. The molecule has 0 nitrogen and oxygen atoms in total. The van der Waals surface area contributed by atoms with Crippen LogP contribution in [0.3, 0.4) is 0 Å². The Balaban J connectivity index is 2.92. The van der Waals surface area contributed by atoms with E-state index < -0.39 is 0 Å². The molecule has 0 N–H and O–H groups in total. The summed E-state index contributed by atoms with van der Waals surface area (Å²) in [5.41, 5.74) is 1.44. The maximum atomic E-state index is 2.19. The predicted octanol–water partition coefficient (Wildman–Crippen LogP) is 2.62. The molecule has 0 aromatic carbocycles. The molecule has 44 valence electrons. The molecule has 0 aliphatic heterocycles. The zero-order valence-corrected chi connectivity index (χ0v) is 6.09. The van der Waals surface area contributed by atoms with Gasteiger partial charge in [-0.15, -0.1) is 11.3 Å². The summed E-state index contributed by atoms with van der Waals surface area (Å²) in [7, 11) is 0. The summed E-state index contributed by atoms with van der Waals surface area (Å²) in [4.78, 5) is 1.52. The third-order valence-electron chi connectivity index (χ3n) is 1.29. The van der Waals surface area contributed by atoms with Crippen LogP contribution in [0.15, 0.2) is 11.4 Å². The van der Waals surface area contributed by atoms with Crippen LogP contribution in [0.25, 0.3) is 0 Å². The molecule has 0 amide bonds. The van der Waals surface area contributed by atoms with E-state index in [-0.39, 0.29) is 0 Å². The second-order valence-corrected chi connectivity index (χ2v) is 2.88. The predicted molar refractivity (Wildman–Crippen MR) is 38.4 cm³/mol. The molecular weight excluding hydrogens is 116 g/mol. The first-order valence-corrected chi connectivity index (χ1v) is 3.75. The van der Waals surface area contributed by atoms with Crippen molar-refractivity contribution in [3.63, 3.8) is 0 Å². The van der Waals surface area contributed by atoms with E-state index in [2.05, 4.69) is 25.3 Å². The Morgan fingerprint density at radius 3 is 2.62 bits per heavy atom. The third-order valence-corrected chi connectivity index (χ3v) is 2.46. The zero-order valence-electron chi connectivity index (χ0n) is 5.27. The van der Waals surface area contributed by atoms with Crippen LogP contribution < -0.4 is 0 Å². The van der Waals surface area contributed by atoms with Gasteiger partial charge >= 0.3 is 0 Å². The van der Waals surface area contributed by atoms with Crippen molar-refractivity contribution in [2.24, 2.45) is 0 Å². The van der Waals surface area contributed by atoms with Gasteiger partial charge in [0.25, 0.3) is 0 Å². The average Bonchev–Trinajstić information content (AvgIpc) is 2.14. The molecule has 8 heavy (non-hydrogen) atoms.